The van der Waals surface area contributed by atoms with Crippen molar-refractivity contribution in [2.75, 3.05) is 26.7 Å². The minimum atomic E-state index is -3.88. The van der Waals surface area contributed by atoms with Gasteiger partial charge in [0.25, 0.3) is 5.91 Å². The third-order valence-corrected chi connectivity index (χ3v) is 8.04. The molecular formula is C25H31N3O6S. The van der Waals surface area contributed by atoms with Crippen LogP contribution in [0.3, 0.4) is 0 Å². The Morgan fingerprint density at radius 2 is 1.66 bits per heavy atom. The van der Waals surface area contributed by atoms with E-state index < -0.39 is 34.5 Å². The van der Waals surface area contributed by atoms with Crippen LogP contribution in [0.25, 0.3) is 0 Å². The number of rotatable bonds is 9. The molecule has 0 aromatic heterocycles. The lowest BCUT2D eigenvalue weighted by Crippen LogP contribution is -2.47. The molecule has 1 fully saturated rings. The largest absolute Gasteiger partial charge is 0.480 e. The summed E-state index contributed by atoms with van der Waals surface area (Å²) in [7, 11) is -2.60. The number of sulfonamides is 1. The van der Waals surface area contributed by atoms with E-state index in [0.29, 0.717) is 31.5 Å². The fourth-order valence-electron chi connectivity index (χ4n) is 4.11. The Labute approximate surface area is 205 Å². The molecule has 9 nitrogen and oxygen atoms in total. The number of carboxylic acids is 1. The first-order chi connectivity index (χ1) is 16.6. The highest BCUT2D eigenvalue weighted by atomic mass is 32.2. The van der Waals surface area contributed by atoms with Crippen molar-refractivity contribution >= 4 is 27.8 Å². The van der Waals surface area contributed by atoms with Crippen molar-refractivity contribution in [1.29, 1.82) is 0 Å². The van der Waals surface area contributed by atoms with Crippen LogP contribution in [0.2, 0.25) is 0 Å². The van der Waals surface area contributed by atoms with Crippen molar-refractivity contribution in [3.63, 3.8) is 0 Å². The number of aliphatic carboxylic acids is 1. The maximum atomic E-state index is 12.7. The van der Waals surface area contributed by atoms with Gasteiger partial charge in [-0.3, -0.25) is 9.59 Å². The third-order valence-electron chi connectivity index (χ3n) is 6.22. The van der Waals surface area contributed by atoms with E-state index in [9.17, 15) is 27.9 Å². The molecule has 0 spiro atoms. The number of amides is 2. The van der Waals surface area contributed by atoms with Crippen molar-refractivity contribution in [1.82, 2.24) is 14.5 Å². The van der Waals surface area contributed by atoms with Crippen LogP contribution in [0.15, 0.2) is 59.5 Å². The highest BCUT2D eigenvalue weighted by molar-refractivity contribution is 7.89. The molecule has 0 radical (unpaired) electrons. The Hall–Kier alpha value is -3.24. The summed E-state index contributed by atoms with van der Waals surface area (Å²) in [6.45, 7) is 2.36. The molecule has 10 heteroatoms. The molecule has 1 atom stereocenters. The summed E-state index contributed by atoms with van der Waals surface area (Å²) in [6.07, 6.45) is 1.46. The number of carbonyl (C=O) groups is 3. The number of likely N-dealkylation sites (N-methyl/N-ethyl adjacent to an activating group) is 1. The van der Waals surface area contributed by atoms with E-state index in [1.54, 1.807) is 29.2 Å². The van der Waals surface area contributed by atoms with Crippen molar-refractivity contribution in [2.24, 2.45) is 5.92 Å². The van der Waals surface area contributed by atoms with Crippen molar-refractivity contribution in [3.05, 3.63) is 65.7 Å². The molecule has 1 heterocycles. The average Bonchev–Trinajstić information content (AvgIpc) is 2.84. The topological polar surface area (TPSA) is 124 Å². The van der Waals surface area contributed by atoms with Gasteiger partial charge in [0, 0.05) is 25.7 Å². The van der Waals surface area contributed by atoms with Gasteiger partial charge in [0.15, 0.2) is 0 Å². The van der Waals surface area contributed by atoms with Crippen molar-refractivity contribution < 1.29 is 27.9 Å². The summed E-state index contributed by atoms with van der Waals surface area (Å²) in [5.74, 6) is -1.90. The number of hydrogen-bond donors (Lipinski definition) is 2. The molecule has 2 aromatic rings. The predicted molar refractivity (Wildman–Crippen MR) is 130 cm³/mol. The fourth-order valence-corrected chi connectivity index (χ4v) is 5.23. The van der Waals surface area contributed by atoms with E-state index in [1.165, 1.54) is 19.2 Å². The summed E-state index contributed by atoms with van der Waals surface area (Å²) in [5.41, 5.74) is 1.52. The van der Waals surface area contributed by atoms with Crippen molar-refractivity contribution in [3.8, 4) is 0 Å². The number of carboxylic acid groups (broad SMARTS) is 1. The molecule has 3 rings (SSSR count). The SMILES string of the molecule is Cc1ccc(S(=O)(=O)N(C)CC(=O)NC(CC2CCN(C(=O)c3ccccc3)CC2)C(=O)O)cc1. The maximum Gasteiger partial charge on any atom is 0.326 e. The lowest BCUT2D eigenvalue weighted by atomic mass is 9.90. The molecule has 0 saturated carbocycles. The van der Waals surface area contributed by atoms with Gasteiger partial charge in [-0.15, -0.1) is 0 Å². The smallest absolute Gasteiger partial charge is 0.326 e. The first-order valence-corrected chi connectivity index (χ1v) is 12.9. The monoisotopic (exact) mass is 501 g/mol. The average molecular weight is 502 g/mol. The molecule has 2 amide bonds. The van der Waals surface area contributed by atoms with Crippen LogP contribution in [-0.4, -0.2) is 73.2 Å². The number of likely N-dealkylation sites (tertiary alicyclic amines) is 1. The van der Waals surface area contributed by atoms with E-state index in [-0.39, 0.29) is 23.1 Å². The summed E-state index contributed by atoms with van der Waals surface area (Å²) < 4.78 is 26.3. The number of carbonyl (C=O) groups excluding carboxylic acids is 2. The second-order valence-electron chi connectivity index (χ2n) is 8.87. The molecule has 0 bridgehead atoms. The minimum absolute atomic E-state index is 0.0187. The summed E-state index contributed by atoms with van der Waals surface area (Å²) in [6, 6.07) is 14.1. The van der Waals surface area contributed by atoms with Crippen LogP contribution in [0.1, 0.15) is 35.2 Å². The lowest BCUT2D eigenvalue weighted by molar-refractivity contribution is -0.142. The maximum absolute atomic E-state index is 12.7. The van der Waals surface area contributed by atoms with Gasteiger partial charge in [0.2, 0.25) is 15.9 Å². The number of piperidine rings is 1. The summed E-state index contributed by atoms with van der Waals surface area (Å²) in [5, 5.41) is 12.1. The quantitative estimate of drug-likeness (QED) is 0.543. The van der Waals surface area contributed by atoms with E-state index in [0.717, 1.165) is 9.87 Å². The van der Waals surface area contributed by atoms with E-state index in [1.807, 2.05) is 25.1 Å². The zero-order valence-electron chi connectivity index (χ0n) is 19.9. The Morgan fingerprint density at radius 1 is 1.06 bits per heavy atom. The Bertz CT molecular complexity index is 1140. The predicted octanol–water partition coefficient (Wildman–Crippen LogP) is 2.13. The van der Waals surface area contributed by atoms with Gasteiger partial charge in [0.05, 0.1) is 11.4 Å². The normalized spacial score (nSPS) is 15.6. The Balaban J connectivity index is 1.53. The summed E-state index contributed by atoms with van der Waals surface area (Å²) in [4.78, 5) is 38.7. The number of aryl methyl sites for hydroxylation is 1. The number of benzene rings is 2. The molecular weight excluding hydrogens is 470 g/mol. The third kappa shape index (κ3) is 6.89. The van der Waals surface area contributed by atoms with Gasteiger partial charge >= 0.3 is 5.97 Å². The molecule has 1 aliphatic heterocycles. The van der Waals surface area contributed by atoms with Crippen LogP contribution in [0.4, 0.5) is 0 Å². The van der Waals surface area contributed by atoms with Crippen LogP contribution >= 0.6 is 0 Å². The molecule has 35 heavy (non-hydrogen) atoms. The van der Waals surface area contributed by atoms with Gasteiger partial charge < -0.3 is 15.3 Å². The highest BCUT2D eigenvalue weighted by Crippen LogP contribution is 2.23. The van der Waals surface area contributed by atoms with Gasteiger partial charge in [-0.1, -0.05) is 35.9 Å². The zero-order valence-corrected chi connectivity index (χ0v) is 20.7. The number of nitrogens with one attached hydrogen (secondary N) is 1. The van der Waals surface area contributed by atoms with Crippen LogP contribution in [0, 0.1) is 12.8 Å². The van der Waals surface area contributed by atoms with E-state index in [2.05, 4.69) is 5.32 Å². The molecule has 1 saturated heterocycles. The highest BCUT2D eigenvalue weighted by Gasteiger charge is 2.30. The minimum Gasteiger partial charge on any atom is -0.480 e. The standard InChI is InChI=1S/C25H31N3O6S/c1-18-8-10-21(11-9-18)35(33,34)27(2)17-23(29)26-22(25(31)32)16-19-12-14-28(15-13-19)24(30)20-6-4-3-5-7-20/h3-11,19,22H,12-17H2,1-2H3,(H,26,29)(H,31,32). The molecule has 0 aliphatic carbocycles. The van der Waals surface area contributed by atoms with Crippen LogP contribution in [-0.2, 0) is 19.6 Å². The van der Waals surface area contributed by atoms with Crippen LogP contribution in [0.5, 0.6) is 0 Å². The van der Waals surface area contributed by atoms with Gasteiger partial charge in [0.1, 0.15) is 6.04 Å². The van der Waals surface area contributed by atoms with Gasteiger partial charge in [-0.05, 0) is 56.4 Å². The Kier molecular flexibility index (Phi) is 8.63. The second kappa shape index (κ2) is 11.5. The number of nitrogens with zero attached hydrogens (tertiary/aromatic N) is 2. The van der Waals surface area contributed by atoms with Crippen molar-refractivity contribution in [2.45, 2.75) is 37.1 Å². The van der Waals surface area contributed by atoms with Gasteiger partial charge in [-0.25, -0.2) is 13.2 Å². The second-order valence-corrected chi connectivity index (χ2v) is 10.9. The fraction of sp³-hybridized carbons (Fsp3) is 0.400. The molecule has 1 unspecified atom stereocenters. The lowest BCUT2D eigenvalue weighted by Gasteiger charge is -2.33. The van der Waals surface area contributed by atoms with E-state index >= 15 is 0 Å². The molecule has 188 valence electrons. The summed E-state index contributed by atoms with van der Waals surface area (Å²) >= 11 is 0. The first-order valence-electron chi connectivity index (χ1n) is 11.5. The Morgan fingerprint density at radius 3 is 2.23 bits per heavy atom. The molecule has 1 aliphatic rings. The number of hydrogen-bond acceptors (Lipinski definition) is 5. The zero-order chi connectivity index (χ0) is 25.6. The van der Waals surface area contributed by atoms with Crippen LogP contribution < -0.4 is 5.32 Å². The molecule has 2 aromatic carbocycles. The van der Waals surface area contributed by atoms with Gasteiger partial charge in [-0.2, -0.15) is 4.31 Å². The van der Waals surface area contributed by atoms with E-state index in [4.69, 9.17) is 0 Å². The molecule has 2 N–H and O–H groups in total. The first kappa shape index (κ1) is 26.4.